The maximum Gasteiger partial charge on any atom is 0.404 e. The van der Waals surface area contributed by atoms with Crippen LogP contribution in [0.2, 0.25) is 0 Å². The van der Waals surface area contributed by atoms with Gasteiger partial charge >= 0.3 is 6.09 Å². The van der Waals surface area contributed by atoms with Gasteiger partial charge in [0.25, 0.3) is 0 Å². The molecular weight excluding hydrogens is 281 g/mol. The van der Waals surface area contributed by atoms with Crippen LogP contribution in [0.5, 0.6) is 0 Å². The second kappa shape index (κ2) is 5.67. The minimum atomic E-state index is -0.893. The van der Waals surface area contributed by atoms with Gasteiger partial charge in [-0.05, 0) is 37.5 Å². The molecule has 1 saturated carbocycles. The highest BCUT2D eigenvalue weighted by atomic mass is 127. The number of alkyl halides is 1. The quantitative estimate of drug-likeness (QED) is 0.621. The van der Waals surface area contributed by atoms with E-state index in [0.717, 1.165) is 5.92 Å². The number of hydrogen-bond acceptors (Lipinski definition) is 1. The average molecular weight is 297 g/mol. The SMILES string of the molecule is O=C(O)NCC1CCC(CI)CC1. The molecule has 3 nitrogen and oxygen atoms in total. The number of carboxylic acid groups (broad SMARTS) is 1. The van der Waals surface area contributed by atoms with Crippen molar-refractivity contribution in [3.63, 3.8) is 0 Å². The summed E-state index contributed by atoms with van der Waals surface area (Å²) in [4.78, 5) is 10.3. The van der Waals surface area contributed by atoms with Gasteiger partial charge in [0.2, 0.25) is 0 Å². The van der Waals surface area contributed by atoms with Crippen LogP contribution in [0.1, 0.15) is 25.7 Å². The molecule has 0 saturated heterocycles. The van der Waals surface area contributed by atoms with Crippen molar-refractivity contribution in [2.45, 2.75) is 25.7 Å². The molecule has 1 amide bonds. The van der Waals surface area contributed by atoms with Crippen molar-refractivity contribution in [3.8, 4) is 0 Å². The van der Waals surface area contributed by atoms with Crippen LogP contribution in [-0.4, -0.2) is 22.2 Å². The van der Waals surface area contributed by atoms with Crippen LogP contribution < -0.4 is 5.32 Å². The second-order valence-corrected chi connectivity index (χ2v) is 4.61. The van der Waals surface area contributed by atoms with Crippen molar-refractivity contribution in [1.29, 1.82) is 0 Å². The van der Waals surface area contributed by atoms with E-state index in [1.54, 1.807) is 0 Å². The number of amides is 1. The molecule has 4 heteroatoms. The van der Waals surface area contributed by atoms with Crippen molar-refractivity contribution in [2.75, 3.05) is 11.0 Å². The first-order chi connectivity index (χ1) is 6.22. The van der Waals surface area contributed by atoms with Crippen LogP contribution >= 0.6 is 22.6 Å². The second-order valence-electron chi connectivity index (χ2n) is 3.73. The summed E-state index contributed by atoms with van der Waals surface area (Å²) >= 11 is 2.44. The molecule has 0 aromatic rings. The molecule has 1 rings (SSSR count). The van der Waals surface area contributed by atoms with Crippen LogP contribution in [0.25, 0.3) is 0 Å². The number of carbonyl (C=O) groups is 1. The average Bonchev–Trinajstić information content (AvgIpc) is 2.15. The third-order valence-corrected chi connectivity index (χ3v) is 3.97. The van der Waals surface area contributed by atoms with Gasteiger partial charge in [0.05, 0.1) is 0 Å². The third kappa shape index (κ3) is 4.15. The largest absolute Gasteiger partial charge is 0.465 e. The Hall–Kier alpha value is 0. The lowest BCUT2D eigenvalue weighted by Crippen LogP contribution is -2.30. The van der Waals surface area contributed by atoms with E-state index < -0.39 is 6.09 Å². The van der Waals surface area contributed by atoms with E-state index >= 15 is 0 Å². The van der Waals surface area contributed by atoms with Gasteiger partial charge in [0.15, 0.2) is 0 Å². The van der Waals surface area contributed by atoms with E-state index in [4.69, 9.17) is 5.11 Å². The first kappa shape index (κ1) is 11.1. The van der Waals surface area contributed by atoms with Crippen LogP contribution in [0.15, 0.2) is 0 Å². The minimum Gasteiger partial charge on any atom is -0.465 e. The Morgan fingerprint density at radius 1 is 1.31 bits per heavy atom. The Balaban J connectivity index is 2.14. The summed E-state index contributed by atoms with van der Waals surface area (Å²) in [5, 5.41) is 10.9. The first-order valence-corrected chi connectivity index (χ1v) is 6.27. The molecule has 0 heterocycles. The highest BCUT2D eigenvalue weighted by Crippen LogP contribution is 2.29. The molecule has 0 aromatic carbocycles. The molecule has 0 aliphatic heterocycles. The molecule has 0 atom stereocenters. The summed E-state index contributed by atoms with van der Waals surface area (Å²) in [6.45, 7) is 0.642. The fourth-order valence-corrected chi connectivity index (χ4v) is 2.70. The molecule has 0 aromatic heterocycles. The molecular formula is C9H16INO2. The van der Waals surface area contributed by atoms with Crippen molar-refractivity contribution >= 4 is 28.7 Å². The van der Waals surface area contributed by atoms with E-state index in [9.17, 15) is 4.79 Å². The maximum atomic E-state index is 10.3. The molecule has 1 aliphatic rings. The summed E-state index contributed by atoms with van der Waals surface area (Å²) < 4.78 is 1.25. The van der Waals surface area contributed by atoms with Crippen LogP contribution in [-0.2, 0) is 0 Å². The zero-order valence-electron chi connectivity index (χ0n) is 7.63. The predicted molar refractivity (Wildman–Crippen MR) is 60.4 cm³/mol. The molecule has 0 bridgehead atoms. The molecule has 1 aliphatic carbocycles. The molecule has 0 spiro atoms. The Morgan fingerprint density at radius 2 is 1.85 bits per heavy atom. The lowest BCUT2D eigenvalue weighted by Gasteiger charge is -2.26. The van der Waals surface area contributed by atoms with Gasteiger partial charge in [-0.1, -0.05) is 22.6 Å². The number of rotatable bonds is 3. The summed E-state index contributed by atoms with van der Waals surface area (Å²) in [5.41, 5.74) is 0. The Bertz CT molecular complexity index is 167. The van der Waals surface area contributed by atoms with E-state index in [-0.39, 0.29) is 0 Å². The smallest absolute Gasteiger partial charge is 0.404 e. The summed E-state index contributed by atoms with van der Waals surface area (Å²) in [6, 6.07) is 0. The maximum absolute atomic E-state index is 10.3. The zero-order valence-corrected chi connectivity index (χ0v) is 9.79. The molecule has 0 unspecified atom stereocenters. The Kier molecular flexibility index (Phi) is 4.83. The molecule has 13 heavy (non-hydrogen) atoms. The lowest BCUT2D eigenvalue weighted by atomic mass is 9.83. The lowest BCUT2D eigenvalue weighted by molar-refractivity contribution is 0.189. The normalized spacial score (nSPS) is 28.4. The number of halogens is 1. The summed E-state index contributed by atoms with van der Waals surface area (Å²) in [6.07, 6.45) is 4.03. The molecule has 2 N–H and O–H groups in total. The van der Waals surface area contributed by atoms with Crippen LogP contribution in [0, 0.1) is 11.8 Å². The van der Waals surface area contributed by atoms with E-state index in [0.29, 0.717) is 12.5 Å². The van der Waals surface area contributed by atoms with Gasteiger partial charge in [-0.15, -0.1) is 0 Å². The molecule has 1 fully saturated rings. The highest BCUT2D eigenvalue weighted by molar-refractivity contribution is 14.1. The van der Waals surface area contributed by atoms with Gasteiger partial charge in [0, 0.05) is 11.0 Å². The number of hydrogen-bond donors (Lipinski definition) is 2. The van der Waals surface area contributed by atoms with Crippen molar-refractivity contribution in [2.24, 2.45) is 11.8 Å². The summed E-state index contributed by atoms with van der Waals surface area (Å²) in [7, 11) is 0. The van der Waals surface area contributed by atoms with Crippen molar-refractivity contribution in [1.82, 2.24) is 5.32 Å². The zero-order chi connectivity index (χ0) is 9.68. The minimum absolute atomic E-state index is 0.579. The summed E-state index contributed by atoms with van der Waals surface area (Å²) in [5.74, 6) is 1.46. The standard InChI is InChI=1S/C9H16INO2/c10-5-7-1-3-8(4-2-7)6-11-9(12)13/h7-8,11H,1-6H2,(H,12,13). The van der Waals surface area contributed by atoms with Gasteiger partial charge in [-0.25, -0.2) is 4.79 Å². The van der Waals surface area contributed by atoms with Crippen LogP contribution in [0.4, 0.5) is 4.79 Å². The van der Waals surface area contributed by atoms with Gasteiger partial charge in [-0.2, -0.15) is 0 Å². The number of nitrogens with one attached hydrogen (secondary N) is 1. The highest BCUT2D eigenvalue weighted by Gasteiger charge is 2.20. The van der Waals surface area contributed by atoms with Gasteiger partial charge in [0.1, 0.15) is 0 Å². The fraction of sp³-hybridized carbons (Fsp3) is 0.889. The van der Waals surface area contributed by atoms with Crippen molar-refractivity contribution in [3.05, 3.63) is 0 Å². The predicted octanol–water partition coefficient (Wildman–Crippen LogP) is 2.50. The van der Waals surface area contributed by atoms with Crippen LogP contribution in [0.3, 0.4) is 0 Å². The van der Waals surface area contributed by atoms with Gasteiger partial charge in [-0.3, -0.25) is 0 Å². The monoisotopic (exact) mass is 297 g/mol. The molecule has 76 valence electrons. The Morgan fingerprint density at radius 3 is 2.31 bits per heavy atom. The van der Waals surface area contributed by atoms with Gasteiger partial charge < -0.3 is 10.4 Å². The molecule has 0 radical (unpaired) electrons. The first-order valence-electron chi connectivity index (χ1n) is 4.75. The topological polar surface area (TPSA) is 49.3 Å². The van der Waals surface area contributed by atoms with E-state index in [1.807, 2.05) is 0 Å². The van der Waals surface area contributed by atoms with E-state index in [1.165, 1.54) is 30.1 Å². The van der Waals surface area contributed by atoms with E-state index in [2.05, 4.69) is 27.9 Å². The Labute approximate surface area is 92.4 Å². The third-order valence-electron chi connectivity index (χ3n) is 2.73. The van der Waals surface area contributed by atoms with Crippen molar-refractivity contribution < 1.29 is 9.90 Å². The fourth-order valence-electron chi connectivity index (χ4n) is 1.82.